The Morgan fingerprint density at radius 1 is 1.33 bits per heavy atom. The minimum absolute atomic E-state index is 0.0926. The molecule has 0 spiro atoms. The molecule has 0 saturated heterocycles. The van der Waals surface area contributed by atoms with Crippen molar-refractivity contribution in [2.45, 2.75) is 12.3 Å². The van der Waals surface area contributed by atoms with Crippen molar-refractivity contribution in [1.82, 2.24) is 20.2 Å². The van der Waals surface area contributed by atoms with Crippen LogP contribution in [0.1, 0.15) is 17.9 Å². The summed E-state index contributed by atoms with van der Waals surface area (Å²) in [6.45, 7) is 0. The number of aryl methyl sites for hydroxylation is 1. The van der Waals surface area contributed by atoms with Crippen LogP contribution in [0, 0.1) is 0 Å². The van der Waals surface area contributed by atoms with Crippen molar-refractivity contribution >= 4 is 23.5 Å². The molecule has 1 N–H and O–H groups in total. The second kappa shape index (κ2) is 4.97. The number of hydrogen-bond donors (Lipinski definition) is 1. The molecule has 8 heteroatoms. The molecule has 0 bridgehead atoms. The molecule has 1 aromatic carbocycles. The van der Waals surface area contributed by atoms with Gasteiger partial charge in [-0.05, 0) is 22.1 Å². The molecule has 0 aliphatic carbocycles. The van der Waals surface area contributed by atoms with Crippen molar-refractivity contribution in [1.29, 1.82) is 0 Å². The van der Waals surface area contributed by atoms with Crippen LogP contribution in [0.2, 0.25) is 0 Å². The largest absolute Gasteiger partial charge is 0.315 e. The van der Waals surface area contributed by atoms with Crippen LogP contribution in [0.3, 0.4) is 0 Å². The molecule has 108 valence electrons. The summed E-state index contributed by atoms with van der Waals surface area (Å²) >= 11 is 0. The van der Waals surface area contributed by atoms with Gasteiger partial charge in [0.25, 0.3) is 0 Å². The predicted octanol–water partition coefficient (Wildman–Crippen LogP) is 0.299. The van der Waals surface area contributed by atoms with Crippen molar-refractivity contribution in [3.8, 4) is 0 Å². The fourth-order valence-corrected chi connectivity index (χ4v) is 2.41. The Hall–Kier alpha value is -2.77. The first-order valence-corrected chi connectivity index (χ1v) is 6.46. The number of nitrogens with one attached hydrogen (secondary N) is 1. The Morgan fingerprint density at radius 2 is 2.10 bits per heavy atom. The van der Waals surface area contributed by atoms with Gasteiger partial charge in [-0.2, -0.15) is 0 Å². The summed E-state index contributed by atoms with van der Waals surface area (Å²) in [4.78, 5) is 26.1. The lowest BCUT2D eigenvalue weighted by atomic mass is 9.89. The van der Waals surface area contributed by atoms with E-state index in [0.29, 0.717) is 0 Å². The molecule has 1 aliphatic heterocycles. The molecule has 1 aromatic heterocycles. The van der Waals surface area contributed by atoms with E-state index in [9.17, 15) is 9.59 Å². The molecule has 8 nitrogen and oxygen atoms in total. The minimum Gasteiger partial charge on any atom is -0.315 e. The lowest BCUT2D eigenvalue weighted by molar-refractivity contribution is -0.124. The highest BCUT2D eigenvalue weighted by Crippen LogP contribution is 2.35. The van der Waals surface area contributed by atoms with Gasteiger partial charge in [-0.1, -0.05) is 23.3 Å². The topological polar surface area (TPSA) is 93.0 Å². The Morgan fingerprint density at radius 3 is 2.81 bits per heavy atom. The molecule has 1 atom stereocenters. The standard InChI is InChI=1S/C13H14N6O2/c1-18-10-6-4-3-5-8(10)9(7-11(18)20)12(21)14-13-15-16-17-19(13)2/h3-6,9H,7H2,1-2H3,(H,14,15,17,21). The highest BCUT2D eigenvalue weighted by atomic mass is 16.2. The number of anilines is 2. The van der Waals surface area contributed by atoms with Gasteiger partial charge in [-0.25, -0.2) is 4.68 Å². The molecule has 2 heterocycles. The van der Waals surface area contributed by atoms with Gasteiger partial charge in [-0.3, -0.25) is 14.9 Å². The number of tetrazole rings is 1. The van der Waals surface area contributed by atoms with Crippen molar-refractivity contribution < 1.29 is 9.59 Å². The van der Waals surface area contributed by atoms with Crippen LogP contribution in [0.4, 0.5) is 11.6 Å². The van der Waals surface area contributed by atoms with Gasteiger partial charge in [-0.15, -0.1) is 0 Å². The van der Waals surface area contributed by atoms with Crippen LogP contribution in [0.25, 0.3) is 0 Å². The number of fused-ring (bicyclic) bond motifs is 1. The zero-order valence-corrected chi connectivity index (χ0v) is 11.6. The van der Waals surface area contributed by atoms with Crippen molar-refractivity contribution in [3.05, 3.63) is 29.8 Å². The first-order chi connectivity index (χ1) is 10.1. The number of carbonyl (C=O) groups is 2. The zero-order valence-electron chi connectivity index (χ0n) is 11.6. The van der Waals surface area contributed by atoms with Crippen LogP contribution in [0.5, 0.6) is 0 Å². The van der Waals surface area contributed by atoms with Gasteiger partial charge in [0, 0.05) is 26.2 Å². The van der Waals surface area contributed by atoms with E-state index < -0.39 is 5.92 Å². The number of amides is 2. The predicted molar refractivity (Wildman–Crippen MR) is 74.6 cm³/mol. The van der Waals surface area contributed by atoms with Crippen molar-refractivity contribution in [2.24, 2.45) is 7.05 Å². The summed E-state index contributed by atoms with van der Waals surface area (Å²) in [6.07, 6.45) is 0.130. The molecule has 0 radical (unpaired) electrons. The third-order valence-corrected chi connectivity index (χ3v) is 3.60. The molecular formula is C13H14N6O2. The summed E-state index contributed by atoms with van der Waals surface area (Å²) in [5, 5.41) is 13.5. The Kier molecular flexibility index (Phi) is 3.13. The quantitative estimate of drug-likeness (QED) is 0.857. The minimum atomic E-state index is -0.540. The molecule has 1 unspecified atom stereocenters. The molecule has 0 saturated carbocycles. The smallest absolute Gasteiger partial charge is 0.249 e. The van der Waals surface area contributed by atoms with Crippen molar-refractivity contribution in [2.75, 3.05) is 17.3 Å². The molecule has 21 heavy (non-hydrogen) atoms. The number of carbonyl (C=O) groups excluding carboxylic acids is 2. The average molecular weight is 286 g/mol. The number of nitrogens with zero attached hydrogens (tertiary/aromatic N) is 5. The summed E-state index contributed by atoms with van der Waals surface area (Å²) in [5.74, 6) is -0.669. The first kappa shape index (κ1) is 13.2. The van der Waals surface area contributed by atoms with E-state index in [1.165, 1.54) is 4.68 Å². The first-order valence-electron chi connectivity index (χ1n) is 6.46. The van der Waals surface area contributed by atoms with Gasteiger partial charge < -0.3 is 4.90 Å². The van der Waals surface area contributed by atoms with E-state index in [0.717, 1.165) is 11.3 Å². The SMILES string of the molecule is CN1C(=O)CC(C(=O)Nc2nnnn2C)c2ccccc21. The molecular weight excluding hydrogens is 272 g/mol. The van der Waals surface area contributed by atoms with E-state index in [1.807, 2.05) is 24.3 Å². The highest BCUT2D eigenvalue weighted by molar-refractivity contribution is 6.05. The van der Waals surface area contributed by atoms with Gasteiger partial charge in [0.1, 0.15) is 0 Å². The normalized spacial score (nSPS) is 17.5. The number of aromatic nitrogens is 4. The van der Waals surface area contributed by atoms with Crippen molar-refractivity contribution in [3.63, 3.8) is 0 Å². The van der Waals surface area contributed by atoms with Crippen LogP contribution in [-0.2, 0) is 16.6 Å². The maximum atomic E-state index is 12.4. The van der Waals surface area contributed by atoms with E-state index in [-0.39, 0.29) is 24.2 Å². The monoisotopic (exact) mass is 286 g/mol. The summed E-state index contributed by atoms with van der Waals surface area (Å²) in [6, 6.07) is 7.39. The van der Waals surface area contributed by atoms with Gasteiger partial charge in [0.15, 0.2) is 0 Å². The zero-order chi connectivity index (χ0) is 15.0. The molecule has 2 amide bonds. The van der Waals surface area contributed by atoms with E-state index in [4.69, 9.17) is 0 Å². The van der Waals surface area contributed by atoms with Crippen LogP contribution in [-0.4, -0.2) is 39.1 Å². The molecule has 2 aromatic rings. The van der Waals surface area contributed by atoms with Crippen LogP contribution >= 0.6 is 0 Å². The number of rotatable bonds is 2. The lowest BCUT2D eigenvalue weighted by Gasteiger charge is -2.30. The number of hydrogen-bond acceptors (Lipinski definition) is 5. The Balaban J connectivity index is 1.92. The van der Waals surface area contributed by atoms with E-state index >= 15 is 0 Å². The fraction of sp³-hybridized carbons (Fsp3) is 0.308. The van der Waals surface area contributed by atoms with Crippen LogP contribution < -0.4 is 10.2 Å². The summed E-state index contributed by atoms with van der Waals surface area (Å²) in [7, 11) is 3.34. The average Bonchev–Trinajstić information content (AvgIpc) is 2.88. The second-order valence-electron chi connectivity index (χ2n) is 4.88. The second-order valence-corrected chi connectivity index (χ2v) is 4.88. The summed E-state index contributed by atoms with van der Waals surface area (Å²) < 4.78 is 1.36. The number of benzene rings is 1. The Labute approximate surface area is 120 Å². The maximum Gasteiger partial charge on any atom is 0.249 e. The highest BCUT2D eigenvalue weighted by Gasteiger charge is 2.33. The molecule has 1 aliphatic rings. The third kappa shape index (κ3) is 2.24. The molecule has 0 fully saturated rings. The van der Waals surface area contributed by atoms with Gasteiger partial charge in [0.05, 0.1) is 5.92 Å². The molecule has 3 rings (SSSR count). The van der Waals surface area contributed by atoms with E-state index in [2.05, 4.69) is 20.8 Å². The summed E-state index contributed by atoms with van der Waals surface area (Å²) in [5.41, 5.74) is 1.58. The Bertz CT molecular complexity index is 710. The van der Waals surface area contributed by atoms with E-state index in [1.54, 1.807) is 19.0 Å². The van der Waals surface area contributed by atoms with Gasteiger partial charge in [0.2, 0.25) is 17.8 Å². The van der Waals surface area contributed by atoms with Crippen LogP contribution in [0.15, 0.2) is 24.3 Å². The van der Waals surface area contributed by atoms with Gasteiger partial charge >= 0.3 is 0 Å². The lowest BCUT2D eigenvalue weighted by Crippen LogP contribution is -2.37. The maximum absolute atomic E-state index is 12.4. The third-order valence-electron chi connectivity index (χ3n) is 3.60. The fourth-order valence-electron chi connectivity index (χ4n) is 2.41. The number of para-hydroxylation sites is 1.